The van der Waals surface area contributed by atoms with Gasteiger partial charge in [0.25, 0.3) is 12.0 Å². The molecule has 0 aliphatic rings. The molecule has 2 rings (SSSR count). The molecule has 0 saturated carbocycles. The summed E-state index contributed by atoms with van der Waals surface area (Å²) in [4.78, 5) is 36.5. The first-order chi connectivity index (χ1) is 10.9. The van der Waals surface area contributed by atoms with Gasteiger partial charge >= 0.3 is 5.69 Å². The van der Waals surface area contributed by atoms with E-state index in [1.807, 2.05) is 0 Å². The lowest BCUT2D eigenvalue weighted by Gasteiger charge is -2.12. The van der Waals surface area contributed by atoms with Crippen LogP contribution in [-0.4, -0.2) is 35.1 Å². The highest BCUT2D eigenvalue weighted by Crippen LogP contribution is 2.26. The number of ether oxygens (including phenoxy) is 1. The number of fused-ring (bicyclic) bond motifs is 1. The predicted molar refractivity (Wildman–Crippen MR) is 83.0 cm³/mol. The van der Waals surface area contributed by atoms with Gasteiger partial charge < -0.3 is 4.74 Å². The van der Waals surface area contributed by atoms with Gasteiger partial charge in [-0.05, 0) is 19.4 Å². The fourth-order valence-corrected chi connectivity index (χ4v) is 3.45. The molecule has 0 saturated heterocycles. The van der Waals surface area contributed by atoms with E-state index in [0.717, 1.165) is 11.3 Å². The maximum Gasteiger partial charge on any atom is 0.332 e. The minimum absolute atomic E-state index is 0.116. The summed E-state index contributed by atoms with van der Waals surface area (Å²) in [6.45, 7) is 3.13. The highest BCUT2D eigenvalue weighted by atomic mass is 32.1. The zero-order chi connectivity index (χ0) is 17.1. The van der Waals surface area contributed by atoms with Crippen LogP contribution in [0, 0.1) is 6.92 Å². The van der Waals surface area contributed by atoms with Crippen molar-refractivity contribution in [2.75, 3.05) is 13.2 Å². The number of hydrogen-bond donors (Lipinski definition) is 0. The number of aryl methyl sites for hydroxylation is 1. The number of thiophene rings is 1. The summed E-state index contributed by atoms with van der Waals surface area (Å²) in [5, 5.41) is 0.133. The number of alkyl halides is 2. The summed E-state index contributed by atoms with van der Waals surface area (Å²) >= 11 is 1.00. The smallest absolute Gasteiger partial charge is 0.332 e. The lowest BCUT2D eigenvalue weighted by molar-refractivity contribution is 0.112. The van der Waals surface area contributed by atoms with Gasteiger partial charge in [0.1, 0.15) is 4.83 Å². The Morgan fingerprint density at radius 1 is 1.30 bits per heavy atom. The number of aldehydes is 1. The standard InChI is InChI=1S/C14H16F2N2O4S/c1-3-22-5-4-17-13-11(8(2)9(7-19)23-13)12(20)18(14(17)21)6-10(15)16/h7,10H,3-6H2,1-2H3. The van der Waals surface area contributed by atoms with Crippen molar-refractivity contribution in [2.45, 2.75) is 33.4 Å². The summed E-state index contributed by atoms with van der Waals surface area (Å²) in [7, 11) is 0. The van der Waals surface area contributed by atoms with Crippen LogP contribution in [-0.2, 0) is 17.8 Å². The largest absolute Gasteiger partial charge is 0.380 e. The van der Waals surface area contributed by atoms with E-state index in [1.165, 1.54) is 4.57 Å². The van der Waals surface area contributed by atoms with Crippen LogP contribution < -0.4 is 11.2 Å². The van der Waals surface area contributed by atoms with Crippen molar-refractivity contribution < 1.29 is 18.3 Å². The van der Waals surface area contributed by atoms with Gasteiger partial charge in [-0.1, -0.05) is 0 Å². The van der Waals surface area contributed by atoms with Crippen LogP contribution in [0.4, 0.5) is 8.78 Å². The fraction of sp³-hybridized carbons (Fsp3) is 0.500. The van der Waals surface area contributed by atoms with E-state index < -0.39 is 24.2 Å². The molecule has 0 fully saturated rings. The number of aromatic nitrogens is 2. The minimum Gasteiger partial charge on any atom is -0.380 e. The highest BCUT2D eigenvalue weighted by Gasteiger charge is 2.21. The van der Waals surface area contributed by atoms with Gasteiger partial charge in [0.2, 0.25) is 0 Å². The molecule has 0 radical (unpaired) electrons. The molecule has 0 aliphatic carbocycles. The second kappa shape index (κ2) is 7.14. The van der Waals surface area contributed by atoms with E-state index >= 15 is 0 Å². The lowest BCUT2D eigenvalue weighted by Crippen LogP contribution is -2.41. The van der Waals surface area contributed by atoms with Gasteiger partial charge in [-0.25, -0.2) is 13.6 Å². The van der Waals surface area contributed by atoms with Gasteiger partial charge in [0.05, 0.1) is 30.0 Å². The maximum absolute atomic E-state index is 12.7. The molecule has 23 heavy (non-hydrogen) atoms. The molecular formula is C14H16F2N2O4S. The normalized spacial score (nSPS) is 11.5. The van der Waals surface area contributed by atoms with Gasteiger partial charge in [-0.3, -0.25) is 18.7 Å². The third-order valence-electron chi connectivity index (χ3n) is 3.42. The zero-order valence-corrected chi connectivity index (χ0v) is 13.5. The Kier molecular flexibility index (Phi) is 5.42. The Bertz CT molecular complexity index is 838. The average Bonchev–Trinajstić information content (AvgIpc) is 2.83. The van der Waals surface area contributed by atoms with Crippen molar-refractivity contribution in [3.63, 3.8) is 0 Å². The van der Waals surface area contributed by atoms with E-state index in [9.17, 15) is 23.2 Å². The van der Waals surface area contributed by atoms with Crippen LogP contribution >= 0.6 is 11.3 Å². The van der Waals surface area contributed by atoms with Crippen molar-refractivity contribution in [3.8, 4) is 0 Å². The molecule has 0 aromatic carbocycles. The number of carbonyl (C=O) groups excluding carboxylic acids is 1. The third kappa shape index (κ3) is 3.25. The van der Waals surface area contributed by atoms with Crippen molar-refractivity contribution >= 4 is 27.8 Å². The van der Waals surface area contributed by atoms with Gasteiger partial charge in [-0.15, -0.1) is 11.3 Å². The van der Waals surface area contributed by atoms with E-state index in [2.05, 4.69) is 0 Å². The van der Waals surface area contributed by atoms with Crippen LogP contribution in [0.15, 0.2) is 9.59 Å². The van der Waals surface area contributed by atoms with Crippen molar-refractivity contribution in [3.05, 3.63) is 31.3 Å². The van der Waals surface area contributed by atoms with Crippen molar-refractivity contribution in [2.24, 2.45) is 0 Å². The molecule has 9 heteroatoms. The third-order valence-corrected chi connectivity index (χ3v) is 4.66. The van der Waals surface area contributed by atoms with Gasteiger partial charge in [0.15, 0.2) is 6.29 Å². The van der Waals surface area contributed by atoms with Gasteiger partial charge in [-0.2, -0.15) is 0 Å². The number of rotatable bonds is 7. The maximum atomic E-state index is 12.7. The summed E-state index contributed by atoms with van der Waals surface area (Å²) in [6.07, 6.45) is -2.24. The van der Waals surface area contributed by atoms with E-state index in [0.29, 0.717) is 32.7 Å². The lowest BCUT2D eigenvalue weighted by atomic mass is 10.2. The molecule has 2 heterocycles. The second-order valence-corrected chi connectivity index (χ2v) is 5.86. The molecule has 0 spiro atoms. The minimum atomic E-state index is -2.83. The zero-order valence-electron chi connectivity index (χ0n) is 12.7. The Morgan fingerprint density at radius 3 is 2.57 bits per heavy atom. The first-order valence-electron chi connectivity index (χ1n) is 7.00. The predicted octanol–water partition coefficient (Wildman–Crippen LogP) is 1.65. The van der Waals surface area contributed by atoms with E-state index in [-0.39, 0.29) is 18.5 Å². The van der Waals surface area contributed by atoms with Crippen molar-refractivity contribution in [1.29, 1.82) is 0 Å². The molecule has 0 amide bonds. The average molecular weight is 346 g/mol. The number of halogens is 2. The molecule has 0 unspecified atom stereocenters. The topological polar surface area (TPSA) is 70.3 Å². The van der Waals surface area contributed by atoms with E-state index in [4.69, 9.17) is 4.74 Å². The summed E-state index contributed by atoms with van der Waals surface area (Å²) in [6, 6.07) is 0. The quantitative estimate of drug-likeness (QED) is 0.565. The number of hydrogen-bond acceptors (Lipinski definition) is 5. The summed E-state index contributed by atoms with van der Waals surface area (Å²) in [5.74, 6) is 0. The molecule has 0 aliphatic heterocycles. The van der Waals surface area contributed by atoms with E-state index in [1.54, 1.807) is 13.8 Å². The molecule has 0 bridgehead atoms. The second-order valence-electron chi connectivity index (χ2n) is 4.83. The van der Waals surface area contributed by atoms with Crippen LogP contribution in [0.3, 0.4) is 0 Å². The van der Waals surface area contributed by atoms with Crippen molar-refractivity contribution in [1.82, 2.24) is 9.13 Å². The Hall–Kier alpha value is -1.87. The molecule has 126 valence electrons. The molecule has 0 N–H and O–H groups in total. The van der Waals surface area contributed by atoms with Crippen LogP contribution in [0.5, 0.6) is 0 Å². The Labute approximate surface area is 133 Å². The molecule has 6 nitrogen and oxygen atoms in total. The van der Waals surface area contributed by atoms with Crippen LogP contribution in [0.25, 0.3) is 10.2 Å². The highest BCUT2D eigenvalue weighted by molar-refractivity contribution is 7.20. The summed E-state index contributed by atoms with van der Waals surface area (Å²) < 4.78 is 32.3. The summed E-state index contributed by atoms with van der Waals surface area (Å²) in [5.41, 5.74) is -1.21. The first kappa shape index (κ1) is 17.5. The Morgan fingerprint density at radius 2 is 2.00 bits per heavy atom. The number of carbonyl (C=O) groups is 1. The first-order valence-corrected chi connectivity index (χ1v) is 7.81. The number of nitrogens with zero attached hydrogens (tertiary/aromatic N) is 2. The Balaban J connectivity index is 2.77. The monoisotopic (exact) mass is 346 g/mol. The van der Waals surface area contributed by atoms with Crippen LogP contribution in [0.1, 0.15) is 22.2 Å². The van der Waals surface area contributed by atoms with Gasteiger partial charge in [0, 0.05) is 6.61 Å². The van der Waals surface area contributed by atoms with Crippen LogP contribution in [0.2, 0.25) is 0 Å². The fourth-order valence-electron chi connectivity index (χ4n) is 2.32. The molecule has 2 aromatic rings. The molecule has 0 atom stereocenters. The SMILES string of the molecule is CCOCCn1c(=O)n(CC(F)F)c(=O)c2c(C)c(C=O)sc21. The molecular weight excluding hydrogens is 330 g/mol. The molecule has 2 aromatic heterocycles.